The summed E-state index contributed by atoms with van der Waals surface area (Å²) in [6, 6.07) is -1.53. The zero-order valence-corrected chi connectivity index (χ0v) is 20.1. The highest BCUT2D eigenvalue weighted by Crippen LogP contribution is 2.42. The second-order valence-corrected chi connectivity index (χ2v) is 11.0. The summed E-state index contributed by atoms with van der Waals surface area (Å²) in [6.07, 6.45) is 11.9. The van der Waals surface area contributed by atoms with E-state index in [1.165, 1.54) is 17.7 Å². The molecule has 2 aliphatic carbocycles. The number of nitrogens with zero attached hydrogens (tertiary/aromatic N) is 1. The molecule has 1 heterocycles. The van der Waals surface area contributed by atoms with Crippen LogP contribution in [-0.4, -0.2) is 52.2 Å². The lowest BCUT2D eigenvalue weighted by molar-refractivity contribution is -0.150. The number of ether oxygens (including phenoxy) is 1. The number of alkyl carbamates (subject to hydrolysis) is 1. The molecule has 1 unspecified atom stereocenters. The van der Waals surface area contributed by atoms with Crippen LogP contribution in [0.2, 0.25) is 0 Å². The molecule has 0 aromatic rings. The van der Waals surface area contributed by atoms with Gasteiger partial charge < -0.3 is 20.1 Å². The van der Waals surface area contributed by atoms with Gasteiger partial charge in [-0.1, -0.05) is 64.2 Å². The normalized spacial score (nSPS) is 24.4. The fraction of sp³-hybridized carbons (Fsp3) is 0.880. The molecule has 2 atom stereocenters. The molecule has 0 bridgehead atoms. The number of nitrogens with one attached hydrogen (secondary N) is 1. The van der Waals surface area contributed by atoms with Crippen molar-refractivity contribution in [1.29, 1.82) is 0 Å². The van der Waals surface area contributed by atoms with Gasteiger partial charge in [0.15, 0.2) is 0 Å². The van der Waals surface area contributed by atoms with Crippen molar-refractivity contribution in [2.75, 3.05) is 6.54 Å². The number of carbonyl (C=O) groups is 3. The Hall–Kier alpha value is -1.79. The van der Waals surface area contributed by atoms with Crippen molar-refractivity contribution in [3.8, 4) is 0 Å². The Balaban J connectivity index is 1.91. The number of likely N-dealkylation sites (tertiary alicyclic amines) is 1. The number of amides is 2. The van der Waals surface area contributed by atoms with Crippen molar-refractivity contribution in [1.82, 2.24) is 10.2 Å². The molecule has 0 aromatic heterocycles. The highest BCUT2D eigenvalue weighted by molar-refractivity contribution is 5.90. The van der Waals surface area contributed by atoms with Crippen LogP contribution < -0.4 is 5.32 Å². The number of hydrogen-bond acceptors (Lipinski definition) is 4. The molecule has 2 N–H and O–H groups in total. The number of hydrogen-bond donors (Lipinski definition) is 2. The number of carbonyl (C=O) groups excluding carboxylic acids is 2. The van der Waals surface area contributed by atoms with Gasteiger partial charge in [-0.05, 0) is 51.4 Å². The van der Waals surface area contributed by atoms with E-state index in [4.69, 9.17) is 4.74 Å². The quantitative estimate of drug-likeness (QED) is 0.610. The van der Waals surface area contributed by atoms with Gasteiger partial charge >= 0.3 is 12.1 Å². The third-order valence-corrected chi connectivity index (χ3v) is 7.53. The summed E-state index contributed by atoms with van der Waals surface area (Å²) < 4.78 is 5.54. The van der Waals surface area contributed by atoms with Gasteiger partial charge in [0.05, 0.1) is 0 Å². The van der Waals surface area contributed by atoms with Crippen LogP contribution in [0.25, 0.3) is 0 Å². The zero-order chi connectivity index (χ0) is 23.3. The molecule has 32 heavy (non-hydrogen) atoms. The van der Waals surface area contributed by atoms with E-state index < -0.39 is 29.7 Å². The van der Waals surface area contributed by atoms with E-state index >= 15 is 0 Å². The van der Waals surface area contributed by atoms with Crippen LogP contribution in [0.3, 0.4) is 0 Å². The molecule has 1 saturated heterocycles. The third kappa shape index (κ3) is 6.38. The first-order chi connectivity index (χ1) is 15.2. The van der Waals surface area contributed by atoms with Crippen LogP contribution >= 0.6 is 0 Å². The fourth-order valence-electron chi connectivity index (χ4n) is 6.19. The van der Waals surface area contributed by atoms with Crippen molar-refractivity contribution >= 4 is 18.0 Å². The lowest BCUT2D eigenvalue weighted by atomic mass is 9.66. The second-order valence-electron chi connectivity index (χ2n) is 11.0. The molecule has 182 valence electrons. The molecule has 2 saturated carbocycles. The van der Waals surface area contributed by atoms with Crippen LogP contribution in [0.4, 0.5) is 4.79 Å². The standard InChI is InChI=1S/C25H42N2O5/c1-25(2,3)32-24(31)26-21(22(28)27-16-10-15-19(27)23(29)30)20(17-11-6-4-7-12-17)18-13-8-5-9-14-18/h17-21H,4-16H2,1-3H3,(H,26,31)(H,29,30)/t19-,21?/m0/s1. The Morgan fingerprint density at radius 2 is 1.41 bits per heavy atom. The van der Waals surface area contributed by atoms with Gasteiger partial charge in [-0.3, -0.25) is 4.79 Å². The first-order valence-corrected chi connectivity index (χ1v) is 12.7. The van der Waals surface area contributed by atoms with Gasteiger partial charge in [0.2, 0.25) is 5.91 Å². The summed E-state index contributed by atoms with van der Waals surface area (Å²) in [5.41, 5.74) is -0.667. The van der Waals surface area contributed by atoms with Gasteiger partial charge in [-0.2, -0.15) is 0 Å². The fourth-order valence-corrected chi connectivity index (χ4v) is 6.19. The summed E-state index contributed by atoms with van der Waals surface area (Å²) in [7, 11) is 0. The smallest absolute Gasteiger partial charge is 0.408 e. The Morgan fingerprint density at radius 1 is 0.875 bits per heavy atom. The topological polar surface area (TPSA) is 95.9 Å². The maximum Gasteiger partial charge on any atom is 0.408 e. The molecular formula is C25H42N2O5. The van der Waals surface area contributed by atoms with E-state index in [0.717, 1.165) is 51.4 Å². The Kier molecular flexibility index (Phi) is 8.45. The largest absolute Gasteiger partial charge is 0.480 e. The minimum atomic E-state index is -0.959. The van der Waals surface area contributed by atoms with Gasteiger partial charge in [0.1, 0.15) is 17.7 Å². The average molecular weight is 451 g/mol. The molecule has 3 fully saturated rings. The number of carboxylic acids is 1. The van der Waals surface area contributed by atoms with Crippen LogP contribution in [0.1, 0.15) is 97.8 Å². The predicted octanol–water partition coefficient (Wildman–Crippen LogP) is 4.73. The zero-order valence-electron chi connectivity index (χ0n) is 20.1. The van der Waals surface area contributed by atoms with Crippen LogP contribution in [0.5, 0.6) is 0 Å². The van der Waals surface area contributed by atoms with Crippen molar-refractivity contribution < 1.29 is 24.2 Å². The van der Waals surface area contributed by atoms with Crippen LogP contribution in [-0.2, 0) is 14.3 Å². The summed E-state index contributed by atoms with van der Waals surface area (Å²) in [5.74, 6) is -0.408. The maximum atomic E-state index is 13.9. The van der Waals surface area contributed by atoms with E-state index in [0.29, 0.717) is 31.2 Å². The lowest BCUT2D eigenvalue weighted by Gasteiger charge is -2.43. The molecule has 3 rings (SSSR count). The summed E-state index contributed by atoms with van der Waals surface area (Å²) in [4.78, 5) is 40.1. The molecule has 7 heteroatoms. The minimum absolute atomic E-state index is 0.0330. The van der Waals surface area contributed by atoms with Crippen molar-refractivity contribution in [2.45, 2.75) is 116 Å². The average Bonchev–Trinajstić information content (AvgIpc) is 3.23. The predicted molar refractivity (Wildman–Crippen MR) is 122 cm³/mol. The SMILES string of the molecule is CC(C)(C)OC(=O)NC(C(=O)N1CCC[C@H]1C(=O)O)C(C1CCCCC1)C1CCCCC1. The molecular weight excluding hydrogens is 408 g/mol. The third-order valence-electron chi connectivity index (χ3n) is 7.53. The van der Waals surface area contributed by atoms with E-state index in [1.54, 1.807) is 0 Å². The van der Waals surface area contributed by atoms with Gasteiger partial charge in [0, 0.05) is 6.54 Å². The van der Waals surface area contributed by atoms with E-state index in [2.05, 4.69) is 5.32 Å². The Labute approximate surface area is 192 Å². The first kappa shape index (κ1) is 24.8. The highest BCUT2D eigenvalue weighted by Gasteiger charge is 2.45. The molecule has 0 spiro atoms. The Bertz CT molecular complexity index is 644. The first-order valence-electron chi connectivity index (χ1n) is 12.7. The van der Waals surface area contributed by atoms with Crippen LogP contribution in [0, 0.1) is 17.8 Å². The van der Waals surface area contributed by atoms with Gasteiger partial charge in [-0.15, -0.1) is 0 Å². The molecule has 2 amide bonds. The monoisotopic (exact) mass is 450 g/mol. The van der Waals surface area contributed by atoms with Gasteiger partial charge in [0.25, 0.3) is 0 Å². The van der Waals surface area contributed by atoms with Crippen molar-refractivity contribution in [2.24, 2.45) is 17.8 Å². The van der Waals surface area contributed by atoms with Crippen molar-refractivity contribution in [3.63, 3.8) is 0 Å². The number of aliphatic carboxylic acids is 1. The van der Waals surface area contributed by atoms with E-state index in [1.807, 2.05) is 20.8 Å². The summed E-state index contributed by atoms with van der Waals surface area (Å²) in [5, 5.41) is 12.6. The van der Waals surface area contributed by atoms with Gasteiger partial charge in [-0.25, -0.2) is 9.59 Å². The molecule has 3 aliphatic rings. The number of rotatable bonds is 6. The molecule has 7 nitrogen and oxygen atoms in total. The summed E-state index contributed by atoms with van der Waals surface area (Å²) >= 11 is 0. The molecule has 0 aromatic carbocycles. The highest BCUT2D eigenvalue weighted by atomic mass is 16.6. The van der Waals surface area contributed by atoms with E-state index in [9.17, 15) is 19.5 Å². The molecule has 1 aliphatic heterocycles. The maximum absolute atomic E-state index is 13.9. The second kappa shape index (κ2) is 10.9. The van der Waals surface area contributed by atoms with Crippen molar-refractivity contribution in [3.05, 3.63) is 0 Å². The number of carboxylic acid groups (broad SMARTS) is 1. The Morgan fingerprint density at radius 3 is 1.88 bits per heavy atom. The minimum Gasteiger partial charge on any atom is -0.480 e. The van der Waals surface area contributed by atoms with E-state index in [-0.39, 0.29) is 11.8 Å². The van der Waals surface area contributed by atoms with Crippen LogP contribution in [0.15, 0.2) is 0 Å². The molecule has 0 radical (unpaired) electrons. The lowest BCUT2D eigenvalue weighted by Crippen LogP contribution is -2.58. The summed E-state index contributed by atoms with van der Waals surface area (Å²) in [6.45, 7) is 5.86.